The van der Waals surface area contributed by atoms with E-state index in [1.54, 1.807) is 0 Å². The summed E-state index contributed by atoms with van der Waals surface area (Å²) in [5, 5.41) is 0.776. The summed E-state index contributed by atoms with van der Waals surface area (Å²) < 4.78 is 5.72. The Labute approximate surface area is 127 Å². The molecule has 1 aliphatic heterocycles. The Bertz CT molecular complexity index is 432. The lowest BCUT2D eigenvalue weighted by atomic mass is 10.0. The van der Waals surface area contributed by atoms with Crippen LogP contribution in [0.4, 0.5) is 5.69 Å². The second-order valence-corrected chi connectivity index (χ2v) is 6.10. The monoisotopic (exact) mass is 296 g/mol. The van der Waals surface area contributed by atoms with Crippen LogP contribution in [0.25, 0.3) is 0 Å². The van der Waals surface area contributed by atoms with E-state index < -0.39 is 0 Å². The van der Waals surface area contributed by atoms with Crippen LogP contribution in [0.15, 0.2) is 18.2 Å². The second kappa shape index (κ2) is 7.30. The fourth-order valence-electron chi connectivity index (χ4n) is 2.71. The van der Waals surface area contributed by atoms with Gasteiger partial charge in [0, 0.05) is 37.0 Å². The molecule has 20 heavy (non-hydrogen) atoms. The molecule has 2 rings (SSSR count). The predicted octanol–water partition coefficient (Wildman–Crippen LogP) is 3.24. The average molecular weight is 297 g/mol. The minimum Gasteiger partial charge on any atom is -0.376 e. The highest BCUT2D eigenvalue weighted by atomic mass is 35.5. The number of hydrogen-bond acceptors (Lipinski definition) is 3. The predicted molar refractivity (Wildman–Crippen MR) is 85.7 cm³/mol. The molecular weight excluding hydrogens is 272 g/mol. The number of ether oxygens (including phenoxy) is 1. The first kappa shape index (κ1) is 15.6. The van der Waals surface area contributed by atoms with Crippen LogP contribution in [0, 0.1) is 0 Å². The van der Waals surface area contributed by atoms with E-state index in [0.717, 1.165) is 37.4 Å². The zero-order chi connectivity index (χ0) is 14.5. The summed E-state index contributed by atoms with van der Waals surface area (Å²) in [6, 6.07) is 6.26. The van der Waals surface area contributed by atoms with Gasteiger partial charge >= 0.3 is 0 Å². The Morgan fingerprint density at radius 3 is 2.95 bits per heavy atom. The molecular formula is C16H25ClN2O. The van der Waals surface area contributed by atoms with Gasteiger partial charge in [0.15, 0.2) is 0 Å². The van der Waals surface area contributed by atoms with E-state index in [2.05, 4.69) is 24.9 Å². The van der Waals surface area contributed by atoms with Crippen molar-refractivity contribution in [3.05, 3.63) is 28.8 Å². The van der Waals surface area contributed by atoms with Crippen molar-refractivity contribution in [2.24, 2.45) is 5.73 Å². The molecule has 0 amide bonds. The lowest BCUT2D eigenvalue weighted by Gasteiger charge is -2.26. The maximum absolute atomic E-state index is 6.13. The van der Waals surface area contributed by atoms with Crippen LogP contribution in [0.1, 0.15) is 31.7 Å². The molecule has 4 heteroatoms. The minimum atomic E-state index is 0.184. The molecule has 3 nitrogen and oxygen atoms in total. The molecule has 0 saturated carbocycles. The third kappa shape index (κ3) is 4.11. The molecule has 0 aliphatic carbocycles. The highest BCUT2D eigenvalue weighted by Crippen LogP contribution is 2.26. The van der Waals surface area contributed by atoms with E-state index in [1.165, 1.54) is 17.7 Å². The lowest BCUT2D eigenvalue weighted by Crippen LogP contribution is -2.30. The van der Waals surface area contributed by atoms with Crippen molar-refractivity contribution in [2.45, 2.75) is 44.8 Å². The fourth-order valence-corrected chi connectivity index (χ4v) is 2.90. The SMILES string of the molecule is CCC(N)Cc1cc(Cl)ccc1N(C)CC1CCCO1. The van der Waals surface area contributed by atoms with Crippen LogP contribution in [0.2, 0.25) is 5.02 Å². The second-order valence-electron chi connectivity index (χ2n) is 5.66. The first-order valence-corrected chi connectivity index (χ1v) is 7.84. The molecule has 2 N–H and O–H groups in total. The summed E-state index contributed by atoms with van der Waals surface area (Å²) in [5.41, 5.74) is 8.55. The van der Waals surface area contributed by atoms with Crippen LogP contribution in [0.3, 0.4) is 0 Å². The summed E-state index contributed by atoms with van der Waals surface area (Å²) in [4.78, 5) is 2.27. The molecule has 1 fully saturated rings. The first-order valence-electron chi connectivity index (χ1n) is 7.47. The van der Waals surface area contributed by atoms with Gasteiger partial charge < -0.3 is 15.4 Å². The van der Waals surface area contributed by atoms with Gasteiger partial charge in [-0.15, -0.1) is 0 Å². The van der Waals surface area contributed by atoms with Gasteiger partial charge in [0.25, 0.3) is 0 Å². The van der Waals surface area contributed by atoms with Gasteiger partial charge in [-0.3, -0.25) is 0 Å². The summed E-state index contributed by atoms with van der Waals surface area (Å²) in [5.74, 6) is 0. The number of anilines is 1. The van der Waals surface area contributed by atoms with E-state index in [9.17, 15) is 0 Å². The molecule has 1 saturated heterocycles. The number of benzene rings is 1. The Balaban J connectivity index is 2.11. The van der Waals surface area contributed by atoms with Crippen molar-refractivity contribution in [1.82, 2.24) is 0 Å². The molecule has 2 unspecified atom stereocenters. The van der Waals surface area contributed by atoms with Crippen LogP contribution in [0.5, 0.6) is 0 Å². The maximum atomic E-state index is 6.13. The Hall–Kier alpha value is -0.770. The number of halogens is 1. The van der Waals surface area contributed by atoms with Crippen LogP contribution < -0.4 is 10.6 Å². The zero-order valence-electron chi connectivity index (χ0n) is 12.4. The summed E-state index contributed by atoms with van der Waals surface area (Å²) in [6.07, 6.45) is 4.52. The van der Waals surface area contributed by atoms with E-state index in [-0.39, 0.29) is 6.04 Å². The molecule has 2 atom stereocenters. The molecule has 0 spiro atoms. The molecule has 0 bridgehead atoms. The number of nitrogens with zero attached hydrogens (tertiary/aromatic N) is 1. The number of likely N-dealkylation sites (N-methyl/N-ethyl adjacent to an activating group) is 1. The molecule has 1 aromatic rings. The summed E-state index contributed by atoms with van der Waals surface area (Å²) >= 11 is 6.13. The highest BCUT2D eigenvalue weighted by Gasteiger charge is 2.19. The third-order valence-electron chi connectivity index (χ3n) is 3.96. The van der Waals surface area contributed by atoms with Gasteiger partial charge in [0.05, 0.1) is 6.10 Å². The number of hydrogen-bond donors (Lipinski definition) is 1. The van der Waals surface area contributed by atoms with Gasteiger partial charge in [-0.1, -0.05) is 18.5 Å². The molecule has 1 heterocycles. The largest absolute Gasteiger partial charge is 0.376 e. The smallest absolute Gasteiger partial charge is 0.0750 e. The quantitative estimate of drug-likeness (QED) is 0.876. The lowest BCUT2D eigenvalue weighted by molar-refractivity contribution is 0.116. The number of rotatable bonds is 6. The molecule has 1 aromatic carbocycles. The fraction of sp³-hybridized carbons (Fsp3) is 0.625. The van der Waals surface area contributed by atoms with Crippen LogP contribution >= 0.6 is 11.6 Å². The first-order chi connectivity index (χ1) is 9.60. The number of nitrogens with two attached hydrogens (primary N) is 1. The van der Waals surface area contributed by atoms with Crippen molar-refractivity contribution >= 4 is 17.3 Å². The van der Waals surface area contributed by atoms with Crippen molar-refractivity contribution in [3.63, 3.8) is 0 Å². The van der Waals surface area contributed by atoms with Crippen molar-refractivity contribution < 1.29 is 4.74 Å². The van der Waals surface area contributed by atoms with Crippen molar-refractivity contribution in [3.8, 4) is 0 Å². The van der Waals surface area contributed by atoms with Crippen molar-refractivity contribution in [2.75, 3.05) is 25.1 Å². The standard InChI is InChI=1S/C16H25ClN2O/c1-3-14(18)10-12-9-13(17)6-7-16(12)19(2)11-15-5-4-8-20-15/h6-7,9,14-15H,3-5,8,10-11,18H2,1-2H3. The van der Waals surface area contributed by atoms with Gasteiger partial charge in [-0.25, -0.2) is 0 Å². The maximum Gasteiger partial charge on any atom is 0.0750 e. The summed E-state index contributed by atoms with van der Waals surface area (Å²) in [6.45, 7) is 3.94. The van der Waals surface area contributed by atoms with Gasteiger partial charge in [-0.05, 0) is 49.4 Å². The Kier molecular flexibility index (Phi) is 5.70. The normalized spacial score (nSPS) is 20.1. The molecule has 112 valence electrons. The zero-order valence-corrected chi connectivity index (χ0v) is 13.2. The van der Waals surface area contributed by atoms with E-state index in [1.807, 2.05) is 12.1 Å². The Morgan fingerprint density at radius 2 is 2.30 bits per heavy atom. The van der Waals surface area contributed by atoms with E-state index in [0.29, 0.717) is 6.10 Å². The molecule has 0 radical (unpaired) electrons. The van der Waals surface area contributed by atoms with E-state index in [4.69, 9.17) is 22.1 Å². The average Bonchev–Trinajstić information content (AvgIpc) is 2.91. The van der Waals surface area contributed by atoms with Crippen molar-refractivity contribution in [1.29, 1.82) is 0 Å². The van der Waals surface area contributed by atoms with Gasteiger partial charge in [0.2, 0.25) is 0 Å². The highest BCUT2D eigenvalue weighted by molar-refractivity contribution is 6.30. The Morgan fingerprint density at radius 1 is 1.50 bits per heavy atom. The van der Waals surface area contributed by atoms with Crippen LogP contribution in [-0.4, -0.2) is 32.3 Å². The van der Waals surface area contributed by atoms with Crippen LogP contribution in [-0.2, 0) is 11.2 Å². The van der Waals surface area contributed by atoms with E-state index >= 15 is 0 Å². The van der Waals surface area contributed by atoms with Gasteiger partial charge in [0.1, 0.15) is 0 Å². The molecule has 1 aliphatic rings. The van der Waals surface area contributed by atoms with Gasteiger partial charge in [-0.2, -0.15) is 0 Å². The molecule has 0 aromatic heterocycles. The topological polar surface area (TPSA) is 38.5 Å². The summed E-state index contributed by atoms with van der Waals surface area (Å²) in [7, 11) is 2.12. The minimum absolute atomic E-state index is 0.184. The third-order valence-corrected chi connectivity index (χ3v) is 4.20.